The smallest absolute Gasteiger partial charge is 0.158 e. The first kappa shape index (κ1) is 15.7. The van der Waals surface area contributed by atoms with Gasteiger partial charge in [-0.1, -0.05) is 25.3 Å². The monoisotopic (exact) mass is 280 g/mol. The van der Waals surface area contributed by atoms with Gasteiger partial charge >= 0.3 is 0 Å². The summed E-state index contributed by atoms with van der Waals surface area (Å²) >= 11 is 0. The maximum Gasteiger partial charge on any atom is 0.158 e. The molecule has 3 heteroatoms. The quantitative estimate of drug-likeness (QED) is 0.723. The maximum absolute atomic E-state index is 12.3. The van der Waals surface area contributed by atoms with E-state index in [2.05, 4.69) is 6.08 Å². The zero-order valence-electron chi connectivity index (χ0n) is 12.8. The molecule has 2 saturated carbocycles. The number of rotatable bonds is 5. The fourth-order valence-corrected chi connectivity index (χ4v) is 3.67. The summed E-state index contributed by atoms with van der Waals surface area (Å²) in [6.07, 6.45) is 13.3. The van der Waals surface area contributed by atoms with E-state index in [0.717, 1.165) is 32.1 Å². The minimum absolute atomic E-state index is 0.184. The van der Waals surface area contributed by atoms with Crippen molar-refractivity contribution in [2.24, 2.45) is 11.8 Å². The summed E-state index contributed by atoms with van der Waals surface area (Å²) in [7, 11) is 3.51. The molecule has 0 aromatic rings. The highest BCUT2D eigenvalue weighted by molar-refractivity contribution is 5.91. The number of carbonyl (C=O) groups excluding carboxylic acids is 1. The number of methoxy groups -OCH3 is 2. The van der Waals surface area contributed by atoms with Crippen molar-refractivity contribution in [1.29, 1.82) is 0 Å². The Morgan fingerprint density at radius 1 is 0.900 bits per heavy atom. The zero-order chi connectivity index (χ0) is 14.4. The molecular formula is C17H28O3. The molecule has 0 aromatic carbocycles. The molecule has 0 N–H and O–H groups in total. The van der Waals surface area contributed by atoms with Crippen LogP contribution in [0.4, 0.5) is 0 Å². The Kier molecular flexibility index (Phi) is 6.24. The van der Waals surface area contributed by atoms with Gasteiger partial charge in [0.2, 0.25) is 0 Å². The summed E-state index contributed by atoms with van der Waals surface area (Å²) in [5, 5.41) is 0. The van der Waals surface area contributed by atoms with E-state index in [0.29, 0.717) is 5.78 Å². The van der Waals surface area contributed by atoms with E-state index in [1.807, 2.05) is 6.08 Å². The van der Waals surface area contributed by atoms with E-state index in [1.54, 1.807) is 14.2 Å². The van der Waals surface area contributed by atoms with Crippen LogP contribution in [0.3, 0.4) is 0 Å². The molecule has 20 heavy (non-hydrogen) atoms. The largest absolute Gasteiger partial charge is 0.381 e. The van der Waals surface area contributed by atoms with Crippen LogP contribution in [0.2, 0.25) is 0 Å². The first-order valence-corrected chi connectivity index (χ1v) is 8.04. The van der Waals surface area contributed by atoms with Gasteiger partial charge in [0.15, 0.2) is 5.78 Å². The Morgan fingerprint density at radius 3 is 2.05 bits per heavy atom. The van der Waals surface area contributed by atoms with Gasteiger partial charge in [-0.3, -0.25) is 4.79 Å². The lowest BCUT2D eigenvalue weighted by molar-refractivity contribution is -0.119. The standard InChI is InChI=1S/C17H28O3/c1-19-16-9-6-10-17(20-2)14(16)11-12-15(18)13-7-4-3-5-8-13/h11-14,16-17H,3-10H2,1-2H3/b12-11+. The average molecular weight is 280 g/mol. The zero-order valence-corrected chi connectivity index (χ0v) is 12.8. The van der Waals surface area contributed by atoms with Gasteiger partial charge in [-0.2, -0.15) is 0 Å². The van der Waals surface area contributed by atoms with E-state index in [4.69, 9.17) is 9.47 Å². The van der Waals surface area contributed by atoms with Crippen molar-refractivity contribution in [3.8, 4) is 0 Å². The highest BCUT2D eigenvalue weighted by atomic mass is 16.5. The molecular weight excluding hydrogens is 252 g/mol. The Morgan fingerprint density at radius 2 is 1.50 bits per heavy atom. The van der Waals surface area contributed by atoms with E-state index in [9.17, 15) is 4.79 Å². The van der Waals surface area contributed by atoms with Crippen LogP contribution in [0, 0.1) is 11.8 Å². The Hall–Kier alpha value is -0.670. The summed E-state index contributed by atoms with van der Waals surface area (Å²) in [4.78, 5) is 12.3. The van der Waals surface area contributed by atoms with Gasteiger partial charge in [-0.15, -0.1) is 0 Å². The number of ketones is 1. The molecule has 0 aliphatic heterocycles. The molecule has 0 radical (unpaired) electrons. The lowest BCUT2D eigenvalue weighted by Gasteiger charge is -2.34. The maximum atomic E-state index is 12.3. The Labute approximate surface area is 122 Å². The van der Waals surface area contributed by atoms with Crippen molar-refractivity contribution in [3.05, 3.63) is 12.2 Å². The highest BCUT2D eigenvalue weighted by Crippen LogP contribution is 2.30. The molecule has 114 valence electrons. The highest BCUT2D eigenvalue weighted by Gasteiger charge is 2.32. The topological polar surface area (TPSA) is 35.5 Å². The molecule has 2 aliphatic rings. The fourth-order valence-electron chi connectivity index (χ4n) is 3.67. The molecule has 0 bridgehead atoms. The van der Waals surface area contributed by atoms with Crippen LogP contribution in [0.25, 0.3) is 0 Å². The molecule has 0 amide bonds. The van der Waals surface area contributed by atoms with Crippen LogP contribution in [-0.4, -0.2) is 32.2 Å². The second-order valence-electron chi connectivity index (χ2n) is 6.15. The summed E-state index contributed by atoms with van der Waals surface area (Å²) < 4.78 is 11.1. The van der Waals surface area contributed by atoms with Gasteiger partial charge in [0.1, 0.15) is 0 Å². The minimum Gasteiger partial charge on any atom is -0.381 e. The third-order valence-corrected chi connectivity index (χ3v) is 4.93. The second kappa shape index (κ2) is 7.94. The van der Waals surface area contributed by atoms with Gasteiger partial charge in [0.25, 0.3) is 0 Å². The van der Waals surface area contributed by atoms with Gasteiger partial charge in [-0.05, 0) is 38.2 Å². The minimum atomic E-state index is 0.184. The summed E-state index contributed by atoms with van der Waals surface area (Å²) in [6.45, 7) is 0. The van der Waals surface area contributed by atoms with E-state index >= 15 is 0 Å². The average Bonchev–Trinajstić information content (AvgIpc) is 2.52. The first-order chi connectivity index (χ1) is 9.76. The second-order valence-corrected chi connectivity index (χ2v) is 6.15. The van der Waals surface area contributed by atoms with Crippen molar-refractivity contribution >= 4 is 5.78 Å². The lowest BCUT2D eigenvalue weighted by atomic mass is 9.82. The predicted molar refractivity (Wildman–Crippen MR) is 79.7 cm³/mol. The number of hydrogen-bond donors (Lipinski definition) is 0. The van der Waals surface area contributed by atoms with E-state index < -0.39 is 0 Å². The third-order valence-electron chi connectivity index (χ3n) is 4.93. The van der Waals surface area contributed by atoms with Crippen molar-refractivity contribution in [2.75, 3.05) is 14.2 Å². The summed E-state index contributed by atoms with van der Waals surface area (Å²) in [6, 6.07) is 0. The molecule has 3 nitrogen and oxygen atoms in total. The third kappa shape index (κ3) is 3.92. The predicted octanol–water partition coefficient (Wildman–Crippen LogP) is 3.52. The van der Waals surface area contributed by atoms with Crippen molar-refractivity contribution in [1.82, 2.24) is 0 Å². The van der Waals surface area contributed by atoms with Crippen LogP contribution in [0.1, 0.15) is 51.4 Å². The molecule has 2 unspecified atom stereocenters. The Bertz CT molecular complexity index is 319. The fraction of sp³-hybridized carbons (Fsp3) is 0.824. The van der Waals surface area contributed by atoms with Gasteiger partial charge in [0, 0.05) is 26.1 Å². The molecule has 0 spiro atoms. The molecule has 2 fully saturated rings. The number of allylic oxidation sites excluding steroid dienone is 1. The number of carbonyl (C=O) groups is 1. The molecule has 0 aromatic heterocycles. The lowest BCUT2D eigenvalue weighted by Crippen LogP contribution is -2.37. The van der Waals surface area contributed by atoms with Crippen LogP contribution >= 0.6 is 0 Å². The van der Waals surface area contributed by atoms with Crippen LogP contribution in [0.5, 0.6) is 0 Å². The van der Waals surface area contributed by atoms with Crippen molar-refractivity contribution < 1.29 is 14.3 Å². The summed E-state index contributed by atoms with van der Waals surface area (Å²) in [5.41, 5.74) is 0. The van der Waals surface area contributed by atoms with Gasteiger partial charge in [-0.25, -0.2) is 0 Å². The van der Waals surface area contributed by atoms with Crippen molar-refractivity contribution in [2.45, 2.75) is 63.6 Å². The number of ether oxygens (including phenoxy) is 2. The van der Waals surface area contributed by atoms with Crippen molar-refractivity contribution in [3.63, 3.8) is 0 Å². The van der Waals surface area contributed by atoms with E-state index in [-0.39, 0.29) is 24.0 Å². The molecule has 0 heterocycles. The van der Waals surface area contributed by atoms with E-state index in [1.165, 1.54) is 19.3 Å². The van der Waals surface area contributed by atoms with Crippen LogP contribution in [-0.2, 0) is 14.3 Å². The SMILES string of the molecule is COC1CCCC(OC)C1/C=C/C(=O)C1CCCCC1. The molecule has 2 aliphatic carbocycles. The molecule has 2 rings (SSSR count). The number of hydrogen-bond acceptors (Lipinski definition) is 3. The van der Waals surface area contributed by atoms with Gasteiger partial charge < -0.3 is 9.47 Å². The molecule has 2 atom stereocenters. The van der Waals surface area contributed by atoms with Crippen LogP contribution < -0.4 is 0 Å². The van der Waals surface area contributed by atoms with Gasteiger partial charge in [0.05, 0.1) is 12.2 Å². The van der Waals surface area contributed by atoms with Crippen LogP contribution in [0.15, 0.2) is 12.2 Å². The summed E-state index contributed by atoms with van der Waals surface area (Å²) in [5.74, 6) is 0.775. The first-order valence-electron chi connectivity index (χ1n) is 8.04. The normalized spacial score (nSPS) is 32.6. The Balaban J connectivity index is 1.96. The molecule has 0 saturated heterocycles.